The molecule has 0 spiro atoms. The van der Waals surface area contributed by atoms with Gasteiger partial charge in [-0.25, -0.2) is 8.78 Å². The minimum absolute atomic E-state index is 0.195. The Hall–Kier alpha value is -1.75. The van der Waals surface area contributed by atoms with E-state index in [9.17, 15) is 13.6 Å². The van der Waals surface area contributed by atoms with Crippen LogP contribution in [0.25, 0.3) is 0 Å². The molecule has 0 aliphatic heterocycles. The molecule has 2 rings (SSSR count). The number of carbonyl (C=O) groups excluding carboxylic acids is 1. The van der Waals surface area contributed by atoms with Gasteiger partial charge < -0.3 is 4.74 Å². The van der Waals surface area contributed by atoms with Crippen LogP contribution in [0, 0.1) is 11.6 Å². The summed E-state index contributed by atoms with van der Waals surface area (Å²) in [4.78, 5) is 10.9. The number of hydrogen-bond acceptors (Lipinski definition) is 3. The van der Waals surface area contributed by atoms with Crippen LogP contribution in [0.4, 0.5) is 8.78 Å². The van der Waals surface area contributed by atoms with Crippen molar-refractivity contribution in [2.24, 2.45) is 0 Å². The van der Waals surface area contributed by atoms with Crippen molar-refractivity contribution in [3.8, 4) is 10.8 Å². The fraction of sp³-hybridized carbons (Fsp3) is 0. The maximum atomic E-state index is 13.2. The van der Waals surface area contributed by atoms with Gasteiger partial charge in [-0.05, 0) is 24.3 Å². The fourth-order valence-corrected chi connectivity index (χ4v) is 1.80. The molecule has 2 nitrogen and oxygen atoms in total. The van der Waals surface area contributed by atoms with Gasteiger partial charge in [-0.15, -0.1) is 0 Å². The molecule has 0 saturated heterocycles. The van der Waals surface area contributed by atoms with E-state index in [1.54, 1.807) is 6.07 Å². The van der Waals surface area contributed by atoms with E-state index in [0.29, 0.717) is 16.2 Å². The third-order valence-electron chi connectivity index (χ3n) is 1.82. The first kappa shape index (κ1) is 10.8. The lowest BCUT2D eigenvalue weighted by atomic mass is 10.3. The molecule has 0 aliphatic carbocycles. The molecular weight excluding hydrogens is 234 g/mol. The van der Waals surface area contributed by atoms with Crippen LogP contribution in [-0.4, -0.2) is 6.29 Å². The molecule has 16 heavy (non-hydrogen) atoms. The average molecular weight is 240 g/mol. The Morgan fingerprint density at radius 1 is 1.19 bits per heavy atom. The molecular formula is C11H6F2O2S. The summed E-state index contributed by atoms with van der Waals surface area (Å²) in [6, 6.07) is 6.02. The molecule has 5 heteroatoms. The highest BCUT2D eigenvalue weighted by molar-refractivity contribution is 7.15. The number of halogens is 2. The number of hydrogen-bond donors (Lipinski definition) is 0. The van der Waals surface area contributed by atoms with Gasteiger partial charge in [0.2, 0.25) is 0 Å². The van der Waals surface area contributed by atoms with E-state index in [-0.39, 0.29) is 5.75 Å². The standard InChI is InChI=1S/C11H6F2O2S/c12-7-1-3-9(13)10(5-7)15-11-4-2-8(6-14)16-11/h1-6H. The summed E-state index contributed by atoms with van der Waals surface area (Å²) < 4.78 is 31.1. The minimum atomic E-state index is -0.651. The zero-order valence-corrected chi connectivity index (χ0v) is 8.76. The Morgan fingerprint density at radius 2 is 2.00 bits per heavy atom. The first-order valence-electron chi connectivity index (χ1n) is 4.37. The van der Waals surface area contributed by atoms with Crippen LogP contribution < -0.4 is 4.74 Å². The van der Waals surface area contributed by atoms with Gasteiger partial charge in [0.1, 0.15) is 5.82 Å². The second-order valence-corrected chi connectivity index (χ2v) is 4.03. The monoisotopic (exact) mass is 240 g/mol. The van der Waals surface area contributed by atoms with Gasteiger partial charge in [-0.1, -0.05) is 11.3 Å². The van der Waals surface area contributed by atoms with Gasteiger partial charge >= 0.3 is 0 Å². The molecule has 0 fully saturated rings. The Labute approximate surface area is 94.1 Å². The predicted octanol–water partition coefficient (Wildman–Crippen LogP) is 3.63. The van der Waals surface area contributed by atoms with Crippen LogP contribution in [0.1, 0.15) is 9.67 Å². The number of aldehydes is 1. The third kappa shape index (κ3) is 2.25. The molecule has 0 radical (unpaired) electrons. The Balaban J connectivity index is 2.26. The maximum Gasteiger partial charge on any atom is 0.181 e. The number of benzene rings is 1. The molecule has 1 aromatic carbocycles. The van der Waals surface area contributed by atoms with Crippen molar-refractivity contribution in [2.75, 3.05) is 0 Å². The van der Waals surface area contributed by atoms with Gasteiger partial charge in [0, 0.05) is 6.07 Å². The second-order valence-electron chi connectivity index (χ2n) is 2.95. The van der Waals surface area contributed by atoms with E-state index >= 15 is 0 Å². The zero-order valence-electron chi connectivity index (χ0n) is 7.94. The van der Waals surface area contributed by atoms with Gasteiger partial charge in [0.25, 0.3) is 0 Å². The lowest BCUT2D eigenvalue weighted by Crippen LogP contribution is -1.87. The van der Waals surface area contributed by atoms with Crippen LogP contribution in [0.2, 0.25) is 0 Å². The highest BCUT2D eigenvalue weighted by atomic mass is 32.1. The van der Waals surface area contributed by atoms with Crippen LogP contribution in [0.3, 0.4) is 0 Å². The van der Waals surface area contributed by atoms with Crippen molar-refractivity contribution in [2.45, 2.75) is 0 Å². The first-order chi connectivity index (χ1) is 7.69. The van der Waals surface area contributed by atoms with Gasteiger partial charge in [-0.3, -0.25) is 4.79 Å². The number of ether oxygens (including phenoxy) is 1. The first-order valence-corrected chi connectivity index (χ1v) is 5.18. The summed E-state index contributed by atoms with van der Waals surface area (Å²) in [6.45, 7) is 0. The molecule has 0 aliphatic rings. The molecule has 0 amide bonds. The van der Waals surface area contributed by atoms with Crippen LogP contribution >= 0.6 is 11.3 Å². The second kappa shape index (κ2) is 4.40. The SMILES string of the molecule is O=Cc1ccc(Oc2cc(F)ccc2F)s1. The lowest BCUT2D eigenvalue weighted by Gasteiger charge is -2.03. The number of thiophene rings is 1. The normalized spacial score (nSPS) is 10.1. The van der Waals surface area contributed by atoms with E-state index in [1.807, 2.05) is 0 Å². The van der Waals surface area contributed by atoms with Crippen LogP contribution in [-0.2, 0) is 0 Å². The van der Waals surface area contributed by atoms with Crippen molar-refractivity contribution < 1.29 is 18.3 Å². The summed E-state index contributed by atoms with van der Waals surface area (Å²) in [6.07, 6.45) is 0.666. The summed E-state index contributed by atoms with van der Waals surface area (Å²) in [5, 5.41) is 0.339. The Bertz CT molecular complexity index is 522. The summed E-state index contributed by atoms with van der Waals surface area (Å²) in [5.41, 5.74) is 0. The summed E-state index contributed by atoms with van der Waals surface area (Å²) in [7, 11) is 0. The Morgan fingerprint density at radius 3 is 2.69 bits per heavy atom. The third-order valence-corrected chi connectivity index (χ3v) is 2.71. The van der Waals surface area contributed by atoms with Crippen molar-refractivity contribution in [3.63, 3.8) is 0 Å². The molecule has 0 unspecified atom stereocenters. The molecule has 1 heterocycles. The molecule has 0 saturated carbocycles. The van der Waals surface area contributed by atoms with E-state index in [0.717, 1.165) is 29.5 Å². The van der Waals surface area contributed by atoms with Gasteiger partial charge in [-0.2, -0.15) is 0 Å². The van der Waals surface area contributed by atoms with E-state index in [4.69, 9.17) is 4.74 Å². The predicted molar refractivity (Wildman–Crippen MR) is 56.1 cm³/mol. The fourth-order valence-electron chi connectivity index (χ4n) is 1.12. The number of rotatable bonds is 3. The zero-order chi connectivity index (χ0) is 11.5. The smallest absolute Gasteiger partial charge is 0.181 e. The van der Waals surface area contributed by atoms with E-state index in [2.05, 4.69) is 0 Å². The van der Waals surface area contributed by atoms with Crippen molar-refractivity contribution in [1.82, 2.24) is 0 Å². The van der Waals surface area contributed by atoms with E-state index < -0.39 is 11.6 Å². The topological polar surface area (TPSA) is 26.3 Å². The van der Waals surface area contributed by atoms with Crippen LogP contribution in [0.15, 0.2) is 30.3 Å². The molecule has 0 atom stereocenters. The Kier molecular flexibility index (Phi) is 2.96. The largest absolute Gasteiger partial charge is 0.443 e. The number of carbonyl (C=O) groups is 1. The quantitative estimate of drug-likeness (QED) is 0.766. The van der Waals surface area contributed by atoms with Crippen molar-refractivity contribution in [3.05, 3.63) is 46.8 Å². The highest BCUT2D eigenvalue weighted by Crippen LogP contribution is 2.30. The molecule has 2 aromatic rings. The highest BCUT2D eigenvalue weighted by Gasteiger charge is 2.08. The van der Waals surface area contributed by atoms with Crippen molar-refractivity contribution >= 4 is 17.6 Å². The van der Waals surface area contributed by atoms with Gasteiger partial charge in [0.15, 0.2) is 22.9 Å². The average Bonchev–Trinajstić information content (AvgIpc) is 2.71. The molecule has 82 valence electrons. The molecule has 1 aromatic heterocycles. The summed E-state index contributed by atoms with van der Waals surface area (Å²) >= 11 is 1.06. The lowest BCUT2D eigenvalue weighted by molar-refractivity contribution is 0.112. The maximum absolute atomic E-state index is 13.2. The van der Waals surface area contributed by atoms with Gasteiger partial charge in [0.05, 0.1) is 4.88 Å². The summed E-state index contributed by atoms with van der Waals surface area (Å²) in [5.74, 6) is -1.43. The molecule has 0 bridgehead atoms. The van der Waals surface area contributed by atoms with Crippen LogP contribution in [0.5, 0.6) is 10.8 Å². The van der Waals surface area contributed by atoms with E-state index in [1.165, 1.54) is 6.07 Å². The minimum Gasteiger partial charge on any atom is -0.443 e. The van der Waals surface area contributed by atoms with Crippen molar-refractivity contribution in [1.29, 1.82) is 0 Å². The molecule has 0 N–H and O–H groups in total.